The van der Waals surface area contributed by atoms with Crippen LogP contribution in [0.25, 0.3) is 11.1 Å². The van der Waals surface area contributed by atoms with Gasteiger partial charge in [-0.2, -0.15) is 0 Å². The van der Waals surface area contributed by atoms with E-state index >= 15 is 0 Å². The van der Waals surface area contributed by atoms with E-state index in [0.717, 1.165) is 22.3 Å². The maximum absolute atomic E-state index is 13.4. The van der Waals surface area contributed by atoms with Gasteiger partial charge in [-0.3, -0.25) is 19.8 Å². The van der Waals surface area contributed by atoms with Crippen LogP contribution in [0, 0.1) is 0 Å². The minimum Gasteiger partial charge on any atom is -0.496 e. The normalized spacial score (nSPS) is 15.4. The Morgan fingerprint density at radius 1 is 0.971 bits per heavy atom. The molecule has 1 unspecified atom stereocenters. The average Bonchev–Trinajstić information content (AvgIpc) is 2.94. The average molecular weight is 458 g/mol. The lowest BCUT2D eigenvalue weighted by Gasteiger charge is -2.27. The van der Waals surface area contributed by atoms with Crippen LogP contribution < -0.4 is 20.5 Å². The van der Waals surface area contributed by atoms with Gasteiger partial charge in [0, 0.05) is 11.1 Å². The molecular formula is C27H27N3O4. The number of rotatable bonds is 6. The van der Waals surface area contributed by atoms with E-state index in [4.69, 9.17) is 4.74 Å². The van der Waals surface area contributed by atoms with Gasteiger partial charge >= 0.3 is 0 Å². The van der Waals surface area contributed by atoms with Gasteiger partial charge in [-0.25, -0.2) is 5.01 Å². The molecule has 0 saturated heterocycles. The molecule has 2 N–H and O–H groups in total. The van der Waals surface area contributed by atoms with Gasteiger partial charge in [-0.05, 0) is 37.1 Å². The minimum atomic E-state index is -0.858. The number of nitrogens with zero attached hydrogens (tertiary/aromatic N) is 1. The first-order chi connectivity index (χ1) is 16.4. The molecule has 3 amide bonds. The molecule has 0 radical (unpaired) electrons. The predicted molar refractivity (Wildman–Crippen MR) is 130 cm³/mol. The summed E-state index contributed by atoms with van der Waals surface area (Å²) in [5.41, 5.74) is 6.74. The monoisotopic (exact) mass is 457 g/mol. The van der Waals surface area contributed by atoms with Crippen molar-refractivity contribution in [3.63, 3.8) is 0 Å². The van der Waals surface area contributed by atoms with Crippen LogP contribution in [-0.2, 0) is 20.8 Å². The molecule has 4 rings (SSSR count). The van der Waals surface area contributed by atoms with E-state index in [2.05, 4.69) is 10.7 Å². The van der Waals surface area contributed by atoms with Crippen LogP contribution in [0.15, 0.2) is 72.8 Å². The number of ether oxygens (including phenoxy) is 1. The Hall–Kier alpha value is -4.13. The molecule has 2 atom stereocenters. The number of amides is 3. The summed E-state index contributed by atoms with van der Waals surface area (Å²) < 4.78 is 5.29. The Balaban J connectivity index is 1.52. The second kappa shape index (κ2) is 9.79. The number of carbonyl (C=O) groups excluding carboxylic acids is 3. The number of fused-ring (bicyclic) bond motifs is 3. The summed E-state index contributed by atoms with van der Waals surface area (Å²) in [6.07, 6.45) is 0.0689. The molecule has 3 aromatic carbocycles. The fourth-order valence-electron chi connectivity index (χ4n) is 4.16. The summed E-state index contributed by atoms with van der Waals surface area (Å²) in [7, 11) is 1.54. The first-order valence-corrected chi connectivity index (χ1v) is 11.1. The maximum Gasteiger partial charge on any atom is 0.261 e. The lowest BCUT2D eigenvalue weighted by molar-refractivity contribution is -0.130. The van der Waals surface area contributed by atoms with E-state index in [1.165, 1.54) is 5.01 Å². The number of para-hydroxylation sites is 2. The van der Waals surface area contributed by atoms with E-state index in [0.29, 0.717) is 11.4 Å². The highest BCUT2D eigenvalue weighted by Gasteiger charge is 2.33. The van der Waals surface area contributed by atoms with Gasteiger partial charge in [0.25, 0.3) is 11.8 Å². The van der Waals surface area contributed by atoms with Gasteiger partial charge in [0.1, 0.15) is 11.8 Å². The lowest BCUT2D eigenvalue weighted by atomic mass is 9.92. The third-order valence-corrected chi connectivity index (χ3v) is 5.99. The molecule has 3 aromatic rings. The fourth-order valence-corrected chi connectivity index (χ4v) is 4.16. The highest BCUT2D eigenvalue weighted by atomic mass is 16.5. The molecule has 0 spiro atoms. The van der Waals surface area contributed by atoms with Crippen molar-refractivity contribution in [3.8, 4) is 16.9 Å². The van der Waals surface area contributed by atoms with Crippen LogP contribution >= 0.6 is 0 Å². The number of hydrazine groups is 1. The standard InChI is InChI=1S/C27H27N3O4/c1-17-20-11-5-6-12-21(20)22-13-7-8-14-23(22)30(27(17)33)29-26(32)18(2)28-25(31)16-19-10-4-9-15-24(19)34-3/h4-15,17-18H,16H2,1-3H3,(H,28,31)(H,29,32)/t17?,18-/m0/s1. The van der Waals surface area contributed by atoms with Crippen LogP contribution in [-0.4, -0.2) is 30.9 Å². The first kappa shape index (κ1) is 23.0. The molecule has 1 aliphatic heterocycles. The van der Waals surface area contributed by atoms with Crippen molar-refractivity contribution in [2.24, 2.45) is 0 Å². The second-order valence-corrected chi connectivity index (χ2v) is 8.25. The summed E-state index contributed by atoms with van der Waals surface area (Å²) in [5, 5.41) is 4.00. The van der Waals surface area contributed by atoms with E-state index in [1.807, 2.05) is 61.5 Å². The zero-order valence-corrected chi connectivity index (χ0v) is 19.4. The number of anilines is 1. The fraction of sp³-hybridized carbons (Fsp3) is 0.222. The van der Waals surface area contributed by atoms with Gasteiger partial charge in [0.15, 0.2) is 0 Å². The topological polar surface area (TPSA) is 87.7 Å². The zero-order valence-electron chi connectivity index (χ0n) is 19.4. The Kier molecular flexibility index (Phi) is 6.63. The molecule has 0 aliphatic carbocycles. The third-order valence-electron chi connectivity index (χ3n) is 5.99. The van der Waals surface area contributed by atoms with E-state index in [-0.39, 0.29) is 18.2 Å². The molecule has 0 bridgehead atoms. The molecule has 0 saturated carbocycles. The third kappa shape index (κ3) is 4.50. The Labute approximate surface area is 198 Å². The maximum atomic E-state index is 13.4. The number of hydrogen-bond acceptors (Lipinski definition) is 4. The Morgan fingerprint density at radius 2 is 1.62 bits per heavy atom. The van der Waals surface area contributed by atoms with Gasteiger partial charge in [-0.1, -0.05) is 60.7 Å². The molecule has 1 heterocycles. The van der Waals surface area contributed by atoms with Crippen molar-refractivity contribution >= 4 is 23.4 Å². The number of benzene rings is 3. The van der Waals surface area contributed by atoms with Crippen LogP contribution in [0.1, 0.15) is 30.9 Å². The summed E-state index contributed by atoms with van der Waals surface area (Å²) in [4.78, 5) is 39.0. The minimum absolute atomic E-state index is 0.0689. The van der Waals surface area contributed by atoms with Gasteiger partial charge in [0.2, 0.25) is 5.91 Å². The summed E-state index contributed by atoms with van der Waals surface area (Å²) >= 11 is 0. The number of nitrogens with one attached hydrogen (secondary N) is 2. The molecule has 1 aliphatic rings. The van der Waals surface area contributed by atoms with E-state index < -0.39 is 17.9 Å². The van der Waals surface area contributed by atoms with Crippen molar-refractivity contribution in [2.45, 2.75) is 32.2 Å². The predicted octanol–water partition coefficient (Wildman–Crippen LogP) is 3.59. The molecule has 0 fully saturated rings. The highest BCUT2D eigenvalue weighted by molar-refractivity contribution is 6.06. The summed E-state index contributed by atoms with van der Waals surface area (Å²) in [6, 6.07) is 21.6. The molecule has 7 nitrogen and oxygen atoms in total. The summed E-state index contributed by atoms with van der Waals surface area (Å²) in [6.45, 7) is 3.41. The van der Waals surface area contributed by atoms with Crippen molar-refractivity contribution in [1.82, 2.24) is 10.7 Å². The lowest BCUT2D eigenvalue weighted by Crippen LogP contribution is -2.54. The van der Waals surface area contributed by atoms with Crippen molar-refractivity contribution in [2.75, 3.05) is 12.1 Å². The smallest absolute Gasteiger partial charge is 0.261 e. The van der Waals surface area contributed by atoms with Crippen molar-refractivity contribution in [3.05, 3.63) is 83.9 Å². The SMILES string of the molecule is COc1ccccc1CC(=O)N[C@@H](C)C(=O)NN1C(=O)C(C)c2ccccc2-c2ccccc21. The van der Waals surface area contributed by atoms with E-state index in [9.17, 15) is 14.4 Å². The first-order valence-electron chi connectivity index (χ1n) is 11.1. The van der Waals surface area contributed by atoms with Crippen LogP contribution in [0.5, 0.6) is 5.75 Å². The Morgan fingerprint density at radius 3 is 2.38 bits per heavy atom. The zero-order chi connectivity index (χ0) is 24.2. The van der Waals surface area contributed by atoms with Gasteiger partial charge < -0.3 is 10.1 Å². The molecule has 34 heavy (non-hydrogen) atoms. The number of hydrogen-bond donors (Lipinski definition) is 2. The van der Waals surface area contributed by atoms with Crippen molar-refractivity contribution in [1.29, 1.82) is 0 Å². The largest absolute Gasteiger partial charge is 0.496 e. The summed E-state index contributed by atoms with van der Waals surface area (Å²) in [5.74, 6) is -0.919. The van der Waals surface area contributed by atoms with Gasteiger partial charge in [0.05, 0.1) is 25.1 Å². The quantitative estimate of drug-likeness (QED) is 0.592. The molecule has 174 valence electrons. The van der Waals surface area contributed by atoms with Crippen molar-refractivity contribution < 1.29 is 19.1 Å². The number of methoxy groups -OCH3 is 1. The second-order valence-electron chi connectivity index (χ2n) is 8.25. The molecule has 7 heteroatoms. The van der Waals surface area contributed by atoms with E-state index in [1.54, 1.807) is 32.2 Å². The number of carbonyl (C=O) groups is 3. The van der Waals surface area contributed by atoms with Gasteiger partial charge in [-0.15, -0.1) is 0 Å². The molecular weight excluding hydrogens is 430 g/mol. The van der Waals surface area contributed by atoms with Crippen LogP contribution in [0.3, 0.4) is 0 Å². The van der Waals surface area contributed by atoms with Crippen LogP contribution in [0.2, 0.25) is 0 Å². The molecule has 0 aromatic heterocycles. The van der Waals surface area contributed by atoms with Crippen LogP contribution in [0.4, 0.5) is 5.69 Å². The highest BCUT2D eigenvalue weighted by Crippen LogP contribution is 2.39. The Bertz CT molecular complexity index is 1240.